The highest BCUT2D eigenvalue weighted by Gasteiger charge is 2.28. The zero-order chi connectivity index (χ0) is 7.78. The molecule has 1 aliphatic heterocycles. The monoisotopic (exact) mass is 167 g/mol. The molecule has 0 aliphatic carbocycles. The minimum absolute atomic E-state index is 0.207. The van der Waals surface area contributed by atoms with E-state index < -0.39 is 16.3 Å². The summed E-state index contributed by atoms with van der Waals surface area (Å²) in [6.07, 6.45) is 0.259. The van der Waals surface area contributed by atoms with E-state index in [9.17, 15) is 13.2 Å². The quantitative estimate of drug-likeness (QED) is 0.419. The SMILES string of the molecule is O=C1CCN1OS(=O)(=O)O. The summed E-state index contributed by atoms with van der Waals surface area (Å²) in [5.74, 6) is -0.447. The summed E-state index contributed by atoms with van der Waals surface area (Å²) in [6, 6.07) is 0. The number of hydroxylamine groups is 2. The topological polar surface area (TPSA) is 83.9 Å². The first-order valence-electron chi connectivity index (χ1n) is 2.46. The first-order chi connectivity index (χ1) is 4.49. The maximum Gasteiger partial charge on any atom is 0.418 e. The van der Waals surface area contributed by atoms with Crippen LogP contribution in [0.5, 0.6) is 0 Å². The van der Waals surface area contributed by atoms with Crippen LogP contribution >= 0.6 is 0 Å². The van der Waals surface area contributed by atoms with Crippen molar-refractivity contribution in [3.8, 4) is 0 Å². The Morgan fingerprint density at radius 2 is 2.20 bits per heavy atom. The van der Waals surface area contributed by atoms with E-state index in [-0.39, 0.29) is 13.0 Å². The van der Waals surface area contributed by atoms with E-state index in [1.165, 1.54) is 0 Å². The van der Waals surface area contributed by atoms with Crippen LogP contribution in [-0.4, -0.2) is 30.5 Å². The summed E-state index contributed by atoms with van der Waals surface area (Å²) >= 11 is 0. The van der Waals surface area contributed by atoms with Gasteiger partial charge in [0, 0.05) is 6.42 Å². The molecular formula is C3H5NO5S. The third-order valence-corrected chi connectivity index (χ3v) is 1.36. The van der Waals surface area contributed by atoms with E-state index in [0.29, 0.717) is 5.06 Å². The molecule has 1 aliphatic rings. The molecule has 0 aromatic rings. The second-order valence-electron chi connectivity index (χ2n) is 1.75. The van der Waals surface area contributed by atoms with Crippen molar-refractivity contribution < 1.29 is 22.0 Å². The molecule has 0 unspecified atom stereocenters. The fraction of sp³-hybridized carbons (Fsp3) is 0.667. The number of nitrogens with zero attached hydrogens (tertiary/aromatic N) is 1. The van der Waals surface area contributed by atoms with Crippen LogP contribution < -0.4 is 0 Å². The average Bonchev–Trinajstić information content (AvgIpc) is 1.78. The molecule has 0 saturated carbocycles. The molecule has 1 rings (SSSR count). The minimum atomic E-state index is -4.51. The van der Waals surface area contributed by atoms with Crippen LogP contribution in [0, 0.1) is 0 Å². The van der Waals surface area contributed by atoms with Crippen molar-refractivity contribution in [1.29, 1.82) is 0 Å². The molecule has 1 amide bonds. The molecule has 0 aromatic heterocycles. The number of rotatable bonds is 2. The first-order valence-corrected chi connectivity index (χ1v) is 3.83. The molecule has 1 N–H and O–H groups in total. The second kappa shape index (κ2) is 2.19. The van der Waals surface area contributed by atoms with Gasteiger partial charge in [0.25, 0.3) is 0 Å². The summed E-state index contributed by atoms with van der Waals surface area (Å²) in [6.45, 7) is 0.207. The molecule has 10 heavy (non-hydrogen) atoms. The van der Waals surface area contributed by atoms with Gasteiger partial charge in [-0.25, -0.2) is 5.06 Å². The fourth-order valence-corrected chi connectivity index (χ4v) is 0.872. The normalized spacial score (nSPS) is 18.9. The predicted octanol–water partition coefficient (Wildman–Crippen LogP) is -1.05. The van der Waals surface area contributed by atoms with E-state index >= 15 is 0 Å². The zero-order valence-electron chi connectivity index (χ0n) is 4.85. The number of hydrogen-bond donors (Lipinski definition) is 1. The average molecular weight is 167 g/mol. The number of carbonyl (C=O) groups excluding carboxylic acids is 1. The molecule has 0 spiro atoms. The van der Waals surface area contributed by atoms with Crippen molar-refractivity contribution in [3.63, 3.8) is 0 Å². The Morgan fingerprint density at radius 3 is 2.30 bits per heavy atom. The summed E-state index contributed by atoms with van der Waals surface area (Å²) < 4.78 is 31.7. The van der Waals surface area contributed by atoms with Crippen molar-refractivity contribution in [2.24, 2.45) is 0 Å². The molecular weight excluding hydrogens is 162 g/mol. The van der Waals surface area contributed by atoms with Gasteiger partial charge in [0.15, 0.2) is 0 Å². The van der Waals surface area contributed by atoms with Crippen molar-refractivity contribution in [3.05, 3.63) is 0 Å². The molecule has 1 saturated heterocycles. The Hall–Kier alpha value is -0.660. The second-order valence-corrected chi connectivity index (χ2v) is 2.75. The summed E-state index contributed by atoms with van der Waals surface area (Å²) in [5, 5.41) is 0.579. The predicted molar refractivity (Wildman–Crippen MR) is 29.0 cm³/mol. The lowest BCUT2D eigenvalue weighted by Crippen LogP contribution is -2.44. The van der Waals surface area contributed by atoms with Crippen molar-refractivity contribution in [2.75, 3.05) is 6.54 Å². The summed E-state index contributed by atoms with van der Waals surface area (Å²) in [7, 11) is -4.51. The summed E-state index contributed by atoms with van der Waals surface area (Å²) in [4.78, 5) is 10.3. The van der Waals surface area contributed by atoms with Crippen LogP contribution in [0.3, 0.4) is 0 Å². The minimum Gasteiger partial charge on any atom is -0.272 e. The van der Waals surface area contributed by atoms with Gasteiger partial charge in [-0.15, -0.1) is 4.28 Å². The van der Waals surface area contributed by atoms with E-state index in [4.69, 9.17) is 4.55 Å². The van der Waals surface area contributed by atoms with Crippen molar-refractivity contribution in [1.82, 2.24) is 5.06 Å². The van der Waals surface area contributed by atoms with Crippen molar-refractivity contribution >= 4 is 16.3 Å². The van der Waals surface area contributed by atoms with Crippen molar-refractivity contribution in [2.45, 2.75) is 6.42 Å². The Bertz CT molecular complexity index is 244. The molecule has 58 valence electrons. The third kappa shape index (κ3) is 1.66. The van der Waals surface area contributed by atoms with Gasteiger partial charge >= 0.3 is 10.4 Å². The largest absolute Gasteiger partial charge is 0.418 e. The highest BCUT2D eigenvalue weighted by molar-refractivity contribution is 7.80. The molecule has 0 radical (unpaired) electrons. The molecule has 7 heteroatoms. The maximum absolute atomic E-state index is 10.3. The lowest BCUT2D eigenvalue weighted by molar-refractivity contribution is -0.175. The fourth-order valence-electron chi connectivity index (χ4n) is 0.487. The summed E-state index contributed by atoms with van der Waals surface area (Å²) in [5.41, 5.74) is 0. The Kier molecular flexibility index (Phi) is 1.63. The van der Waals surface area contributed by atoms with Crippen LogP contribution in [0.1, 0.15) is 6.42 Å². The zero-order valence-corrected chi connectivity index (χ0v) is 5.67. The maximum atomic E-state index is 10.3. The van der Waals surface area contributed by atoms with Crippen LogP contribution in [0.25, 0.3) is 0 Å². The highest BCUT2D eigenvalue weighted by atomic mass is 32.3. The third-order valence-electron chi connectivity index (χ3n) is 0.991. The lowest BCUT2D eigenvalue weighted by atomic mass is 10.3. The molecule has 1 fully saturated rings. The molecule has 6 nitrogen and oxygen atoms in total. The molecule has 1 heterocycles. The first kappa shape index (κ1) is 7.45. The van der Waals surface area contributed by atoms with Gasteiger partial charge in [-0.05, 0) is 0 Å². The van der Waals surface area contributed by atoms with Gasteiger partial charge < -0.3 is 0 Å². The Labute approximate surface area is 57.3 Å². The van der Waals surface area contributed by atoms with E-state index in [1.54, 1.807) is 0 Å². The number of hydrogen-bond acceptors (Lipinski definition) is 4. The Morgan fingerprint density at radius 1 is 1.60 bits per heavy atom. The number of amides is 1. The van der Waals surface area contributed by atoms with Gasteiger partial charge in [-0.2, -0.15) is 8.42 Å². The van der Waals surface area contributed by atoms with E-state index in [2.05, 4.69) is 4.28 Å². The van der Waals surface area contributed by atoms with Gasteiger partial charge in [0.1, 0.15) is 0 Å². The van der Waals surface area contributed by atoms with Gasteiger partial charge in [-0.1, -0.05) is 0 Å². The highest BCUT2D eigenvalue weighted by Crippen LogP contribution is 2.10. The standard InChI is InChI=1S/C3H5NO5S/c5-3-1-2-4(3)9-10(6,7)8/h1-2H2,(H,6,7,8). The van der Waals surface area contributed by atoms with Gasteiger partial charge in [-0.3, -0.25) is 9.35 Å². The van der Waals surface area contributed by atoms with E-state index in [1.807, 2.05) is 0 Å². The van der Waals surface area contributed by atoms with Crippen LogP contribution in [0.2, 0.25) is 0 Å². The van der Waals surface area contributed by atoms with Crippen LogP contribution in [0.15, 0.2) is 0 Å². The van der Waals surface area contributed by atoms with Gasteiger partial charge in [0.2, 0.25) is 5.91 Å². The molecule has 0 atom stereocenters. The number of carbonyl (C=O) groups is 1. The lowest BCUT2D eigenvalue weighted by Gasteiger charge is -2.26. The van der Waals surface area contributed by atoms with Gasteiger partial charge in [0.05, 0.1) is 6.54 Å². The molecule has 0 bridgehead atoms. The van der Waals surface area contributed by atoms with Crippen LogP contribution in [-0.2, 0) is 19.5 Å². The Balaban J connectivity index is 2.48. The van der Waals surface area contributed by atoms with E-state index in [0.717, 1.165) is 0 Å². The van der Waals surface area contributed by atoms with Crippen LogP contribution in [0.4, 0.5) is 0 Å². The molecule has 0 aromatic carbocycles. The number of β-lactam (4-membered cyclic amide) rings is 1. The smallest absolute Gasteiger partial charge is 0.272 e.